The van der Waals surface area contributed by atoms with Gasteiger partial charge in [0.1, 0.15) is 5.75 Å². The Balaban J connectivity index is 0.00000261. The van der Waals surface area contributed by atoms with Gasteiger partial charge in [0.25, 0.3) is 5.91 Å². The first-order chi connectivity index (χ1) is 12.6. The average Bonchev–Trinajstić information content (AvgIpc) is 2.61. The fourth-order valence-corrected chi connectivity index (χ4v) is 4.28. The van der Waals surface area contributed by atoms with Gasteiger partial charge in [0.05, 0.1) is 0 Å². The van der Waals surface area contributed by atoms with Crippen LogP contribution in [0.15, 0.2) is 24.3 Å². The van der Waals surface area contributed by atoms with E-state index >= 15 is 0 Å². The van der Waals surface area contributed by atoms with Crippen LogP contribution in [0, 0.1) is 17.8 Å². The molecule has 7 heteroatoms. The van der Waals surface area contributed by atoms with Crippen molar-refractivity contribution in [2.75, 3.05) is 18.5 Å². The second-order valence-electron chi connectivity index (χ2n) is 7.45. The lowest BCUT2D eigenvalue weighted by molar-refractivity contribution is -0.123. The molecule has 0 spiro atoms. The summed E-state index contributed by atoms with van der Waals surface area (Å²) in [5.41, 5.74) is 7.06. The number of hydrogen-bond acceptors (Lipinski definition) is 4. The second-order valence-corrected chi connectivity index (χ2v) is 7.45. The highest BCUT2D eigenvalue weighted by Gasteiger charge is 2.40. The van der Waals surface area contributed by atoms with E-state index in [0.717, 1.165) is 31.4 Å². The molecular weight excluding hydrogens is 366 g/mol. The van der Waals surface area contributed by atoms with E-state index in [1.165, 1.54) is 6.42 Å². The predicted molar refractivity (Wildman–Crippen MR) is 108 cm³/mol. The first kappa shape index (κ1) is 21.5. The molecular formula is C20H30ClN3O3. The van der Waals surface area contributed by atoms with Crippen molar-refractivity contribution in [3.8, 4) is 5.75 Å². The Morgan fingerprint density at radius 1 is 1.15 bits per heavy atom. The molecule has 2 unspecified atom stereocenters. The third kappa shape index (κ3) is 5.59. The van der Waals surface area contributed by atoms with Gasteiger partial charge >= 0.3 is 0 Å². The molecule has 150 valence electrons. The molecule has 4 N–H and O–H groups in total. The van der Waals surface area contributed by atoms with Crippen LogP contribution >= 0.6 is 12.4 Å². The van der Waals surface area contributed by atoms with Gasteiger partial charge in [-0.3, -0.25) is 9.59 Å². The van der Waals surface area contributed by atoms with Gasteiger partial charge in [-0.15, -0.1) is 12.4 Å². The minimum absolute atomic E-state index is 0. The van der Waals surface area contributed by atoms with Crippen LogP contribution in [-0.2, 0) is 9.59 Å². The van der Waals surface area contributed by atoms with E-state index in [1.807, 2.05) is 6.92 Å². The highest BCUT2D eigenvalue weighted by Crippen LogP contribution is 2.42. The van der Waals surface area contributed by atoms with Crippen molar-refractivity contribution >= 4 is 29.9 Å². The zero-order valence-electron chi connectivity index (χ0n) is 15.8. The largest absolute Gasteiger partial charge is 0.484 e. The third-order valence-corrected chi connectivity index (χ3v) is 5.65. The zero-order valence-corrected chi connectivity index (χ0v) is 16.6. The molecule has 2 aliphatic rings. The van der Waals surface area contributed by atoms with Crippen LogP contribution in [0.2, 0.25) is 0 Å². The van der Waals surface area contributed by atoms with E-state index in [4.69, 9.17) is 10.5 Å². The number of nitrogens with two attached hydrogens (primary N) is 1. The highest BCUT2D eigenvalue weighted by atomic mass is 35.5. The lowest BCUT2D eigenvalue weighted by Crippen LogP contribution is -2.48. The second kappa shape index (κ2) is 9.95. The molecule has 0 heterocycles. The Bertz CT molecular complexity index is 624. The van der Waals surface area contributed by atoms with Crippen molar-refractivity contribution < 1.29 is 14.3 Å². The molecule has 2 amide bonds. The summed E-state index contributed by atoms with van der Waals surface area (Å²) in [4.78, 5) is 24.0. The molecule has 3 rings (SSSR count). The summed E-state index contributed by atoms with van der Waals surface area (Å²) in [6.07, 6.45) is 5.35. The molecule has 0 radical (unpaired) electrons. The molecule has 0 aromatic heterocycles. The lowest BCUT2D eigenvalue weighted by atomic mass is 9.65. The molecule has 2 aliphatic carbocycles. The summed E-state index contributed by atoms with van der Waals surface area (Å²) < 4.78 is 5.42. The van der Waals surface area contributed by atoms with Crippen molar-refractivity contribution in [2.24, 2.45) is 23.5 Å². The Kier molecular flexibility index (Phi) is 7.92. The monoisotopic (exact) mass is 395 g/mol. The summed E-state index contributed by atoms with van der Waals surface area (Å²) in [7, 11) is 0. The molecule has 0 saturated heterocycles. The maximum absolute atomic E-state index is 12.6. The first-order valence-electron chi connectivity index (χ1n) is 9.62. The summed E-state index contributed by atoms with van der Waals surface area (Å²) in [6, 6.07) is 7.41. The standard InChI is InChI=1S/C20H29N3O3.ClH/c1-2-22-18(24)12-26-17-8-6-16(7-9-17)23-20(25)15-10-13-4-3-5-14(11-15)19(13)21;/h6-9,13-15,19H,2-5,10-12,21H2,1H3,(H,22,24)(H,23,25);1H. The minimum Gasteiger partial charge on any atom is -0.484 e. The SMILES string of the molecule is CCNC(=O)COc1ccc(NC(=O)C2CC3CCCC(C2)C3N)cc1.Cl. The highest BCUT2D eigenvalue weighted by molar-refractivity contribution is 5.92. The Morgan fingerprint density at radius 3 is 2.37 bits per heavy atom. The topological polar surface area (TPSA) is 93.5 Å². The lowest BCUT2D eigenvalue weighted by Gasteiger charge is -2.43. The van der Waals surface area contributed by atoms with Crippen molar-refractivity contribution in [3.63, 3.8) is 0 Å². The van der Waals surface area contributed by atoms with E-state index in [9.17, 15) is 9.59 Å². The summed E-state index contributed by atoms with van der Waals surface area (Å²) in [6.45, 7) is 2.44. The van der Waals surface area contributed by atoms with Gasteiger partial charge < -0.3 is 21.1 Å². The zero-order chi connectivity index (χ0) is 18.5. The number of amides is 2. The number of carbonyl (C=O) groups is 2. The average molecular weight is 396 g/mol. The Morgan fingerprint density at radius 2 is 1.78 bits per heavy atom. The van der Waals surface area contributed by atoms with Crippen molar-refractivity contribution in [1.29, 1.82) is 0 Å². The molecule has 2 bridgehead atoms. The Hall–Kier alpha value is -1.79. The van der Waals surface area contributed by atoms with Crippen LogP contribution in [0.3, 0.4) is 0 Å². The molecule has 2 atom stereocenters. The smallest absolute Gasteiger partial charge is 0.257 e. The number of rotatable bonds is 6. The number of benzene rings is 1. The number of hydrogen-bond donors (Lipinski definition) is 3. The third-order valence-electron chi connectivity index (χ3n) is 5.65. The van der Waals surface area contributed by atoms with Crippen molar-refractivity contribution in [3.05, 3.63) is 24.3 Å². The summed E-state index contributed by atoms with van der Waals surface area (Å²) in [5, 5.41) is 5.69. The van der Waals surface area contributed by atoms with Gasteiger partial charge in [-0.05, 0) is 68.7 Å². The van der Waals surface area contributed by atoms with Crippen molar-refractivity contribution in [1.82, 2.24) is 5.32 Å². The van der Waals surface area contributed by atoms with E-state index in [-0.39, 0.29) is 42.8 Å². The van der Waals surface area contributed by atoms with Gasteiger partial charge in [0.2, 0.25) is 5.91 Å². The number of ether oxygens (including phenoxy) is 1. The fraction of sp³-hybridized carbons (Fsp3) is 0.600. The molecule has 27 heavy (non-hydrogen) atoms. The van der Waals surface area contributed by atoms with Crippen molar-refractivity contribution in [2.45, 2.75) is 45.1 Å². The molecule has 1 aromatic rings. The van der Waals surface area contributed by atoms with Crippen LogP contribution in [-0.4, -0.2) is 31.0 Å². The van der Waals surface area contributed by atoms with E-state index < -0.39 is 0 Å². The van der Waals surface area contributed by atoms with Gasteiger partial charge in [-0.2, -0.15) is 0 Å². The van der Waals surface area contributed by atoms with Gasteiger partial charge in [-0.25, -0.2) is 0 Å². The van der Waals surface area contributed by atoms with E-state index in [2.05, 4.69) is 10.6 Å². The van der Waals surface area contributed by atoms with Crippen LogP contribution in [0.25, 0.3) is 0 Å². The van der Waals surface area contributed by atoms with Crippen LogP contribution in [0.1, 0.15) is 39.0 Å². The molecule has 1 aromatic carbocycles. The molecule has 2 saturated carbocycles. The van der Waals surface area contributed by atoms with Crippen LogP contribution in [0.5, 0.6) is 5.75 Å². The van der Waals surface area contributed by atoms with E-state index in [0.29, 0.717) is 24.1 Å². The molecule has 0 aliphatic heterocycles. The number of anilines is 1. The Labute approximate surface area is 167 Å². The maximum atomic E-state index is 12.6. The predicted octanol–water partition coefficient (Wildman–Crippen LogP) is 2.72. The fourth-order valence-electron chi connectivity index (χ4n) is 4.28. The van der Waals surface area contributed by atoms with Crippen LogP contribution < -0.4 is 21.1 Å². The van der Waals surface area contributed by atoms with Gasteiger partial charge in [0, 0.05) is 24.2 Å². The van der Waals surface area contributed by atoms with Crippen LogP contribution in [0.4, 0.5) is 5.69 Å². The summed E-state index contributed by atoms with van der Waals surface area (Å²) in [5.74, 6) is 1.58. The summed E-state index contributed by atoms with van der Waals surface area (Å²) >= 11 is 0. The molecule has 2 fully saturated rings. The normalized spacial score (nSPS) is 26.4. The number of carbonyl (C=O) groups excluding carboxylic acids is 2. The maximum Gasteiger partial charge on any atom is 0.257 e. The van der Waals surface area contributed by atoms with Gasteiger partial charge in [-0.1, -0.05) is 6.42 Å². The number of nitrogens with one attached hydrogen (secondary N) is 2. The van der Waals surface area contributed by atoms with E-state index in [1.54, 1.807) is 24.3 Å². The number of halogens is 1. The van der Waals surface area contributed by atoms with Gasteiger partial charge in [0.15, 0.2) is 6.61 Å². The number of fused-ring (bicyclic) bond motifs is 2. The number of likely N-dealkylation sites (N-methyl/N-ethyl adjacent to an activating group) is 1. The quantitative estimate of drug-likeness (QED) is 0.690. The first-order valence-corrected chi connectivity index (χ1v) is 9.62. The molecule has 6 nitrogen and oxygen atoms in total. The minimum atomic E-state index is -0.147.